The lowest BCUT2D eigenvalue weighted by molar-refractivity contribution is 0.683. The number of nitrogens with zero attached hydrogens (tertiary/aromatic N) is 2. The van der Waals surface area contributed by atoms with Gasteiger partial charge >= 0.3 is 0 Å². The molecule has 1 aromatic heterocycles. The van der Waals surface area contributed by atoms with Crippen LogP contribution in [0.5, 0.6) is 0 Å². The molecule has 3 heteroatoms. The van der Waals surface area contributed by atoms with E-state index in [1.54, 1.807) is 0 Å². The maximum Gasteiger partial charge on any atom is 0.112 e. The van der Waals surface area contributed by atoms with Crippen LogP contribution in [0, 0.1) is 0 Å². The molecular formula is C12H19N3. The fourth-order valence-electron chi connectivity index (χ4n) is 2.12. The Bertz CT molecular complexity index is 318. The summed E-state index contributed by atoms with van der Waals surface area (Å²) >= 11 is 0. The van der Waals surface area contributed by atoms with Crippen molar-refractivity contribution in [2.45, 2.75) is 44.1 Å². The van der Waals surface area contributed by atoms with E-state index in [-0.39, 0.29) is 0 Å². The van der Waals surface area contributed by atoms with Gasteiger partial charge in [0.2, 0.25) is 0 Å². The molecule has 2 saturated carbocycles. The lowest BCUT2D eigenvalue weighted by Crippen LogP contribution is -2.10. The van der Waals surface area contributed by atoms with Crippen LogP contribution in [-0.2, 0) is 6.42 Å². The summed E-state index contributed by atoms with van der Waals surface area (Å²) in [6, 6.07) is 0.788. The van der Waals surface area contributed by atoms with Crippen LogP contribution < -0.4 is 5.32 Å². The minimum atomic E-state index is 0.786. The first-order valence-corrected chi connectivity index (χ1v) is 6.10. The van der Waals surface area contributed by atoms with Crippen molar-refractivity contribution < 1.29 is 0 Å². The van der Waals surface area contributed by atoms with E-state index in [0.717, 1.165) is 24.9 Å². The van der Waals surface area contributed by atoms with E-state index in [2.05, 4.69) is 16.1 Å². The quantitative estimate of drug-likeness (QED) is 0.795. The molecule has 0 unspecified atom stereocenters. The molecule has 2 aliphatic rings. The highest BCUT2D eigenvalue weighted by molar-refractivity contribution is 5.15. The Balaban J connectivity index is 1.80. The van der Waals surface area contributed by atoms with Crippen LogP contribution in [-0.4, -0.2) is 23.1 Å². The van der Waals surface area contributed by atoms with Gasteiger partial charge in [-0.3, -0.25) is 0 Å². The second kappa shape index (κ2) is 3.63. The third kappa shape index (κ3) is 1.93. The second-order valence-electron chi connectivity index (χ2n) is 4.86. The molecule has 3 rings (SSSR count). The van der Waals surface area contributed by atoms with Crippen molar-refractivity contribution in [2.75, 3.05) is 13.6 Å². The summed E-state index contributed by atoms with van der Waals surface area (Å²) in [5.41, 5.74) is 1.28. The number of hydrogen-bond donors (Lipinski definition) is 1. The number of aromatic nitrogens is 2. The van der Waals surface area contributed by atoms with E-state index in [0.29, 0.717) is 0 Å². The van der Waals surface area contributed by atoms with Gasteiger partial charge in [0.1, 0.15) is 5.82 Å². The number of hydrogen-bond acceptors (Lipinski definition) is 2. The van der Waals surface area contributed by atoms with Gasteiger partial charge in [-0.25, -0.2) is 4.98 Å². The summed E-state index contributed by atoms with van der Waals surface area (Å²) in [6.45, 7) is 1.03. The molecule has 1 aromatic rings. The Labute approximate surface area is 90.9 Å². The van der Waals surface area contributed by atoms with Crippen molar-refractivity contribution in [1.82, 2.24) is 14.9 Å². The number of imidazole rings is 1. The third-order valence-corrected chi connectivity index (χ3v) is 3.32. The van der Waals surface area contributed by atoms with E-state index in [1.807, 2.05) is 7.05 Å². The molecule has 0 aliphatic heterocycles. The molecule has 3 nitrogen and oxygen atoms in total. The average molecular weight is 205 g/mol. The zero-order valence-corrected chi connectivity index (χ0v) is 9.37. The normalized spacial score (nSPS) is 20.9. The van der Waals surface area contributed by atoms with Crippen LogP contribution in [0.15, 0.2) is 6.20 Å². The van der Waals surface area contributed by atoms with Gasteiger partial charge in [-0.15, -0.1) is 0 Å². The van der Waals surface area contributed by atoms with E-state index < -0.39 is 0 Å². The number of likely N-dealkylation sites (N-methyl/N-ethyl adjacent to an activating group) is 1. The molecule has 2 aliphatic carbocycles. The number of nitrogens with one attached hydrogen (secondary N) is 1. The molecule has 0 aromatic carbocycles. The highest BCUT2D eigenvalue weighted by atomic mass is 15.1. The predicted octanol–water partition coefficient (Wildman–Crippen LogP) is 1.86. The highest BCUT2D eigenvalue weighted by Crippen LogP contribution is 2.44. The Morgan fingerprint density at radius 3 is 2.80 bits per heavy atom. The lowest BCUT2D eigenvalue weighted by Gasteiger charge is -2.02. The summed E-state index contributed by atoms with van der Waals surface area (Å²) in [4.78, 5) is 4.79. The van der Waals surface area contributed by atoms with Crippen LogP contribution in [0.25, 0.3) is 0 Å². The van der Waals surface area contributed by atoms with Gasteiger partial charge in [0.05, 0.1) is 5.69 Å². The summed E-state index contributed by atoms with van der Waals surface area (Å²) in [7, 11) is 2.00. The van der Waals surface area contributed by atoms with Crippen molar-refractivity contribution in [2.24, 2.45) is 0 Å². The van der Waals surface area contributed by atoms with Crippen molar-refractivity contribution >= 4 is 0 Å². The van der Waals surface area contributed by atoms with Crippen LogP contribution in [0.4, 0.5) is 0 Å². The van der Waals surface area contributed by atoms with Gasteiger partial charge in [-0.1, -0.05) is 0 Å². The van der Waals surface area contributed by atoms with E-state index >= 15 is 0 Å². The van der Waals surface area contributed by atoms with Gasteiger partial charge in [-0.2, -0.15) is 0 Å². The predicted molar refractivity (Wildman–Crippen MR) is 60.1 cm³/mol. The Hall–Kier alpha value is -0.830. The van der Waals surface area contributed by atoms with Gasteiger partial charge in [0, 0.05) is 31.1 Å². The van der Waals surface area contributed by atoms with E-state index in [4.69, 9.17) is 4.98 Å². The summed E-state index contributed by atoms with van der Waals surface area (Å²) in [6.07, 6.45) is 8.80. The molecule has 0 atom stereocenters. The molecule has 15 heavy (non-hydrogen) atoms. The minimum absolute atomic E-state index is 0.786. The Kier molecular flexibility index (Phi) is 2.28. The second-order valence-corrected chi connectivity index (χ2v) is 4.86. The summed E-state index contributed by atoms with van der Waals surface area (Å²) < 4.78 is 2.46. The maximum atomic E-state index is 4.79. The van der Waals surface area contributed by atoms with Crippen molar-refractivity contribution in [1.29, 1.82) is 0 Å². The molecular weight excluding hydrogens is 186 g/mol. The number of rotatable bonds is 5. The van der Waals surface area contributed by atoms with E-state index in [9.17, 15) is 0 Å². The first-order valence-electron chi connectivity index (χ1n) is 6.10. The van der Waals surface area contributed by atoms with Gasteiger partial charge in [0.15, 0.2) is 0 Å². The topological polar surface area (TPSA) is 29.9 Å². The van der Waals surface area contributed by atoms with Crippen molar-refractivity contribution in [3.8, 4) is 0 Å². The first kappa shape index (κ1) is 9.40. The maximum absolute atomic E-state index is 4.79. The zero-order valence-electron chi connectivity index (χ0n) is 9.37. The molecule has 0 radical (unpaired) electrons. The minimum Gasteiger partial charge on any atom is -0.331 e. The monoisotopic (exact) mass is 205 g/mol. The standard InChI is InChI=1S/C12H19N3/c1-13-7-6-10-8-15(11-4-5-11)12(14-10)9-2-3-9/h8-9,11,13H,2-7H2,1H3. The van der Waals surface area contributed by atoms with E-state index in [1.165, 1.54) is 37.2 Å². The molecule has 1 heterocycles. The Morgan fingerprint density at radius 2 is 2.20 bits per heavy atom. The molecule has 0 saturated heterocycles. The largest absolute Gasteiger partial charge is 0.331 e. The van der Waals surface area contributed by atoms with Crippen molar-refractivity contribution in [3.05, 3.63) is 17.7 Å². The zero-order chi connectivity index (χ0) is 10.3. The molecule has 1 N–H and O–H groups in total. The smallest absolute Gasteiger partial charge is 0.112 e. The van der Waals surface area contributed by atoms with Gasteiger partial charge in [0.25, 0.3) is 0 Å². The molecule has 0 amide bonds. The summed E-state index contributed by atoms with van der Waals surface area (Å²) in [5.74, 6) is 2.16. The Morgan fingerprint density at radius 1 is 1.40 bits per heavy atom. The fraction of sp³-hybridized carbons (Fsp3) is 0.750. The molecule has 82 valence electrons. The van der Waals surface area contributed by atoms with Gasteiger partial charge in [-0.05, 0) is 32.7 Å². The first-order chi connectivity index (χ1) is 7.38. The SMILES string of the molecule is CNCCc1cn(C2CC2)c(C2CC2)n1. The fourth-order valence-corrected chi connectivity index (χ4v) is 2.12. The van der Waals surface area contributed by atoms with Crippen LogP contribution in [0.2, 0.25) is 0 Å². The molecule has 0 spiro atoms. The third-order valence-electron chi connectivity index (χ3n) is 3.32. The van der Waals surface area contributed by atoms with Crippen molar-refractivity contribution in [3.63, 3.8) is 0 Å². The summed E-state index contributed by atoms with van der Waals surface area (Å²) in [5, 5.41) is 3.19. The van der Waals surface area contributed by atoms with Crippen LogP contribution in [0.3, 0.4) is 0 Å². The van der Waals surface area contributed by atoms with Crippen LogP contribution in [0.1, 0.15) is 49.2 Å². The average Bonchev–Trinajstić information content (AvgIpc) is 3.12. The lowest BCUT2D eigenvalue weighted by atomic mass is 10.3. The molecule has 2 fully saturated rings. The van der Waals surface area contributed by atoms with Crippen LogP contribution >= 0.6 is 0 Å². The highest BCUT2D eigenvalue weighted by Gasteiger charge is 2.34. The molecule has 0 bridgehead atoms. The van der Waals surface area contributed by atoms with Gasteiger partial charge < -0.3 is 9.88 Å².